The lowest BCUT2D eigenvalue weighted by atomic mass is 10.2. The van der Waals surface area contributed by atoms with Crippen LogP contribution in [-0.4, -0.2) is 38.4 Å². The number of amides is 1. The summed E-state index contributed by atoms with van der Waals surface area (Å²) in [5, 5.41) is 15.1. The predicted octanol–water partition coefficient (Wildman–Crippen LogP) is 3.57. The first-order valence-electron chi connectivity index (χ1n) is 9.71. The monoisotopic (exact) mass is 437 g/mol. The van der Waals surface area contributed by atoms with Gasteiger partial charge >= 0.3 is 5.97 Å². The van der Waals surface area contributed by atoms with E-state index in [0.717, 1.165) is 16.6 Å². The molecular weight excluding hydrogens is 418 g/mol. The molecule has 0 atom stereocenters. The normalized spacial score (nSPS) is 10.9. The van der Waals surface area contributed by atoms with Crippen LogP contribution in [0.15, 0.2) is 54.6 Å². The molecular formula is C22H20ClN5O3. The topological polar surface area (TPSA) is 102 Å². The number of ether oxygens (including phenoxy) is 1. The van der Waals surface area contributed by atoms with Gasteiger partial charge in [-0.3, -0.25) is 14.7 Å². The third-order valence-corrected chi connectivity index (χ3v) is 5.19. The minimum atomic E-state index is -0.449. The molecule has 1 amide bonds. The standard InChI is InChI=1S/C22H20ClN5O3/c1-14-17(21(23)28(27-14)15-7-3-2-4-8-15)13-31-19(29)11-12-24-22(30)20-16-9-5-6-10-18(16)25-26-20/h2-10H,11-13H2,1H3,(H,24,30)(H,25,26). The fourth-order valence-electron chi connectivity index (χ4n) is 3.16. The number of nitrogens with zero attached hydrogens (tertiary/aromatic N) is 3. The van der Waals surface area contributed by atoms with E-state index < -0.39 is 5.97 Å². The number of fused-ring (bicyclic) bond motifs is 1. The van der Waals surface area contributed by atoms with Crippen LogP contribution in [0.25, 0.3) is 16.6 Å². The number of aryl methyl sites for hydroxylation is 1. The molecule has 2 N–H and O–H groups in total. The van der Waals surface area contributed by atoms with Crippen LogP contribution in [0.3, 0.4) is 0 Å². The van der Waals surface area contributed by atoms with Crippen molar-refractivity contribution < 1.29 is 14.3 Å². The number of carbonyl (C=O) groups is 2. The molecule has 9 heteroatoms. The van der Waals surface area contributed by atoms with Crippen LogP contribution in [-0.2, 0) is 16.1 Å². The number of esters is 1. The highest BCUT2D eigenvalue weighted by Gasteiger charge is 2.17. The number of nitrogens with one attached hydrogen (secondary N) is 2. The second kappa shape index (κ2) is 9.01. The Kier molecular flexibility index (Phi) is 5.99. The van der Waals surface area contributed by atoms with Gasteiger partial charge in [-0.15, -0.1) is 0 Å². The number of para-hydroxylation sites is 2. The largest absolute Gasteiger partial charge is 0.461 e. The third kappa shape index (κ3) is 4.44. The van der Waals surface area contributed by atoms with Crippen molar-refractivity contribution in [2.45, 2.75) is 20.0 Å². The van der Waals surface area contributed by atoms with Crippen LogP contribution in [0, 0.1) is 6.92 Å². The molecule has 2 aromatic heterocycles. The van der Waals surface area contributed by atoms with Gasteiger partial charge in [-0.1, -0.05) is 48.0 Å². The summed E-state index contributed by atoms with van der Waals surface area (Å²) in [6.45, 7) is 1.95. The minimum Gasteiger partial charge on any atom is -0.461 e. The van der Waals surface area contributed by atoms with E-state index in [0.29, 0.717) is 22.1 Å². The zero-order valence-corrected chi connectivity index (χ0v) is 17.5. The van der Waals surface area contributed by atoms with Crippen molar-refractivity contribution >= 4 is 34.4 Å². The van der Waals surface area contributed by atoms with E-state index in [1.54, 1.807) is 4.68 Å². The minimum absolute atomic E-state index is 0.00822. The van der Waals surface area contributed by atoms with Gasteiger partial charge in [-0.25, -0.2) is 4.68 Å². The zero-order chi connectivity index (χ0) is 21.8. The number of rotatable bonds is 7. The van der Waals surface area contributed by atoms with Crippen molar-refractivity contribution in [3.05, 3.63) is 76.7 Å². The van der Waals surface area contributed by atoms with Gasteiger partial charge in [0.15, 0.2) is 5.69 Å². The molecule has 0 aliphatic rings. The highest BCUT2D eigenvalue weighted by atomic mass is 35.5. The van der Waals surface area contributed by atoms with Crippen LogP contribution in [0.1, 0.15) is 28.2 Å². The van der Waals surface area contributed by atoms with Gasteiger partial charge in [0.05, 0.1) is 23.3 Å². The van der Waals surface area contributed by atoms with Crippen molar-refractivity contribution in [1.82, 2.24) is 25.3 Å². The molecule has 0 fully saturated rings. The van der Waals surface area contributed by atoms with E-state index in [9.17, 15) is 9.59 Å². The Morgan fingerprint density at radius 1 is 1.13 bits per heavy atom. The zero-order valence-electron chi connectivity index (χ0n) is 16.8. The molecule has 31 heavy (non-hydrogen) atoms. The van der Waals surface area contributed by atoms with Gasteiger partial charge in [0, 0.05) is 17.5 Å². The summed E-state index contributed by atoms with van der Waals surface area (Å²) in [6, 6.07) is 16.8. The van der Waals surface area contributed by atoms with Crippen LogP contribution in [0.5, 0.6) is 0 Å². The van der Waals surface area contributed by atoms with Crippen molar-refractivity contribution in [3.63, 3.8) is 0 Å². The number of aromatic nitrogens is 4. The average molecular weight is 438 g/mol. The van der Waals surface area contributed by atoms with E-state index in [-0.39, 0.29) is 25.5 Å². The van der Waals surface area contributed by atoms with Crippen molar-refractivity contribution in [2.24, 2.45) is 0 Å². The van der Waals surface area contributed by atoms with Gasteiger partial charge in [0.2, 0.25) is 0 Å². The van der Waals surface area contributed by atoms with E-state index in [1.165, 1.54) is 0 Å². The Hall–Kier alpha value is -3.65. The highest BCUT2D eigenvalue weighted by molar-refractivity contribution is 6.30. The first-order chi connectivity index (χ1) is 15.0. The van der Waals surface area contributed by atoms with Crippen molar-refractivity contribution in [2.75, 3.05) is 6.54 Å². The summed E-state index contributed by atoms with van der Waals surface area (Å²) < 4.78 is 6.94. The Balaban J connectivity index is 1.30. The summed E-state index contributed by atoms with van der Waals surface area (Å²) >= 11 is 6.44. The van der Waals surface area contributed by atoms with Crippen LogP contribution >= 0.6 is 11.6 Å². The third-order valence-electron chi connectivity index (χ3n) is 4.80. The molecule has 0 saturated carbocycles. The molecule has 2 aromatic carbocycles. The number of halogens is 1. The quantitative estimate of drug-likeness (QED) is 0.430. The molecule has 0 aliphatic heterocycles. The van der Waals surface area contributed by atoms with Gasteiger partial charge < -0.3 is 10.1 Å². The van der Waals surface area contributed by atoms with Crippen LogP contribution < -0.4 is 5.32 Å². The lowest BCUT2D eigenvalue weighted by Crippen LogP contribution is -2.27. The molecule has 0 bridgehead atoms. The molecule has 0 spiro atoms. The van der Waals surface area contributed by atoms with Gasteiger partial charge in [-0.05, 0) is 25.1 Å². The van der Waals surface area contributed by atoms with Crippen LogP contribution in [0.4, 0.5) is 0 Å². The van der Waals surface area contributed by atoms with Gasteiger partial charge in [0.1, 0.15) is 11.8 Å². The second-order valence-electron chi connectivity index (χ2n) is 6.89. The van der Waals surface area contributed by atoms with Gasteiger partial charge in [-0.2, -0.15) is 10.2 Å². The first kappa shape index (κ1) is 20.6. The summed E-state index contributed by atoms with van der Waals surface area (Å²) in [6.07, 6.45) is 0.0254. The number of H-pyrrole nitrogens is 1. The summed E-state index contributed by atoms with van der Waals surface area (Å²) in [7, 11) is 0. The Morgan fingerprint density at radius 3 is 2.68 bits per heavy atom. The number of hydrogen-bond donors (Lipinski definition) is 2. The molecule has 8 nitrogen and oxygen atoms in total. The van der Waals surface area contributed by atoms with E-state index in [2.05, 4.69) is 20.6 Å². The molecule has 2 heterocycles. The number of aromatic amines is 1. The molecule has 0 unspecified atom stereocenters. The average Bonchev–Trinajstić information content (AvgIpc) is 3.34. The number of carbonyl (C=O) groups excluding carboxylic acids is 2. The fraction of sp³-hybridized carbons (Fsp3) is 0.182. The molecule has 4 aromatic rings. The molecule has 158 valence electrons. The Labute approximate surface area is 183 Å². The maximum absolute atomic E-state index is 12.3. The molecule has 0 saturated heterocycles. The van der Waals surface area contributed by atoms with Gasteiger partial charge in [0.25, 0.3) is 5.91 Å². The van der Waals surface area contributed by atoms with Crippen LogP contribution in [0.2, 0.25) is 5.15 Å². The maximum atomic E-state index is 12.3. The maximum Gasteiger partial charge on any atom is 0.307 e. The summed E-state index contributed by atoms with van der Waals surface area (Å²) in [4.78, 5) is 24.5. The van der Waals surface area contributed by atoms with E-state index in [4.69, 9.17) is 16.3 Å². The molecule has 4 rings (SSSR count). The Bertz CT molecular complexity index is 1230. The molecule has 0 aliphatic carbocycles. The SMILES string of the molecule is Cc1nn(-c2ccccc2)c(Cl)c1COC(=O)CCNC(=O)c1n[nH]c2ccccc12. The fourth-order valence-corrected chi connectivity index (χ4v) is 3.49. The predicted molar refractivity (Wildman–Crippen MR) is 116 cm³/mol. The number of hydrogen-bond acceptors (Lipinski definition) is 5. The van der Waals surface area contributed by atoms with Crippen molar-refractivity contribution in [3.8, 4) is 5.69 Å². The van der Waals surface area contributed by atoms with E-state index >= 15 is 0 Å². The van der Waals surface area contributed by atoms with Crippen molar-refractivity contribution in [1.29, 1.82) is 0 Å². The summed E-state index contributed by atoms with van der Waals surface area (Å²) in [5.41, 5.74) is 3.21. The second-order valence-corrected chi connectivity index (χ2v) is 7.24. The first-order valence-corrected chi connectivity index (χ1v) is 10.1. The lowest BCUT2D eigenvalue weighted by Gasteiger charge is -2.06. The smallest absolute Gasteiger partial charge is 0.307 e. The highest BCUT2D eigenvalue weighted by Crippen LogP contribution is 2.24. The van der Waals surface area contributed by atoms with E-state index in [1.807, 2.05) is 61.5 Å². The number of benzene rings is 2. The lowest BCUT2D eigenvalue weighted by molar-refractivity contribution is -0.144. The molecule has 0 radical (unpaired) electrons. The Morgan fingerprint density at radius 2 is 1.87 bits per heavy atom. The summed E-state index contributed by atoms with van der Waals surface area (Å²) in [5.74, 6) is -0.802.